The fourth-order valence-electron chi connectivity index (χ4n) is 1.32. The lowest BCUT2D eigenvalue weighted by molar-refractivity contribution is 0.581. The molecule has 88 valence electrons. The maximum atomic E-state index is 11.9. The minimum Gasteiger partial charge on any atom is -0.398 e. The van der Waals surface area contributed by atoms with Gasteiger partial charge in [-0.15, -0.1) is 0 Å². The molecule has 1 aliphatic rings. The van der Waals surface area contributed by atoms with E-state index in [1.165, 1.54) is 12.1 Å². The third-order valence-electron chi connectivity index (χ3n) is 2.57. The van der Waals surface area contributed by atoms with E-state index in [2.05, 4.69) is 4.72 Å². The minimum atomic E-state index is -3.47. The number of rotatable bonds is 3. The Labute approximate surface area is 99.8 Å². The first-order chi connectivity index (χ1) is 7.40. The van der Waals surface area contributed by atoms with Crippen LogP contribution in [0.3, 0.4) is 0 Å². The molecule has 0 saturated heterocycles. The van der Waals surface area contributed by atoms with Crippen LogP contribution >= 0.6 is 11.6 Å². The summed E-state index contributed by atoms with van der Waals surface area (Å²) in [5, 5.41) is 0.371. The first kappa shape index (κ1) is 11.7. The lowest BCUT2D eigenvalue weighted by atomic mass is 10.2. The largest absolute Gasteiger partial charge is 0.398 e. The summed E-state index contributed by atoms with van der Waals surface area (Å²) in [6.07, 6.45) is 1.79. The molecule has 0 atom stereocenters. The average molecular weight is 261 g/mol. The molecular formula is C10H13ClN2O2S. The lowest BCUT2D eigenvalue weighted by Crippen LogP contribution is -2.25. The normalized spacial score (nSPS) is 16.4. The summed E-state index contributed by atoms with van der Waals surface area (Å²) < 4.78 is 26.3. The summed E-state index contributed by atoms with van der Waals surface area (Å²) in [6, 6.07) is 2.94. The van der Waals surface area contributed by atoms with Gasteiger partial charge in [0.1, 0.15) is 0 Å². The van der Waals surface area contributed by atoms with Gasteiger partial charge in [0, 0.05) is 16.8 Å². The van der Waals surface area contributed by atoms with Gasteiger partial charge >= 0.3 is 0 Å². The fourth-order valence-corrected chi connectivity index (χ4v) is 2.98. The Hall–Kier alpha value is -0.780. The standard InChI is InChI=1S/C10H13ClN2O2S/c1-6-9(11)4-8(5-10(6)12)16(14,15)13-7-2-3-7/h4-5,7,13H,2-3,12H2,1H3. The second kappa shape index (κ2) is 3.91. The predicted octanol–water partition coefficient (Wildman–Crippen LogP) is 1.67. The zero-order valence-electron chi connectivity index (χ0n) is 8.83. The van der Waals surface area contributed by atoms with E-state index in [4.69, 9.17) is 17.3 Å². The van der Waals surface area contributed by atoms with Crippen LogP contribution < -0.4 is 10.5 Å². The van der Waals surface area contributed by atoms with E-state index in [-0.39, 0.29) is 10.9 Å². The van der Waals surface area contributed by atoms with Crippen LogP contribution in [0.2, 0.25) is 5.02 Å². The van der Waals surface area contributed by atoms with Crippen LogP contribution in [0.15, 0.2) is 17.0 Å². The number of halogens is 1. The van der Waals surface area contributed by atoms with Gasteiger partial charge in [-0.05, 0) is 37.5 Å². The molecule has 0 aromatic heterocycles. The molecule has 0 radical (unpaired) electrons. The second-order valence-corrected chi connectivity index (χ2v) is 6.14. The SMILES string of the molecule is Cc1c(N)cc(S(=O)(=O)NC2CC2)cc1Cl. The lowest BCUT2D eigenvalue weighted by Gasteiger charge is -2.09. The highest BCUT2D eigenvalue weighted by Crippen LogP contribution is 2.27. The van der Waals surface area contributed by atoms with E-state index in [9.17, 15) is 8.42 Å². The molecule has 1 aromatic carbocycles. The Bertz CT molecular complexity index is 501. The molecule has 6 heteroatoms. The maximum Gasteiger partial charge on any atom is 0.240 e. The van der Waals surface area contributed by atoms with Crippen LogP contribution in [-0.2, 0) is 10.0 Å². The number of anilines is 1. The Morgan fingerprint density at radius 2 is 2.06 bits per heavy atom. The van der Waals surface area contributed by atoms with Crippen molar-refractivity contribution in [2.75, 3.05) is 5.73 Å². The number of sulfonamides is 1. The van der Waals surface area contributed by atoms with Gasteiger partial charge in [0.25, 0.3) is 0 Å². The summed E-state index contributed by atoms with van der Waals surface area (Å²) in [7, 11) is -3.47. The molecule has 1 saturated carbocycles. The van der Waals surface area contributed by atoms with E-state index in [1.54, 1.807) is 6.92 Å². The molecule has 2 rings (SSSR count). The van der Waals surface area contributed by atoms with Gasteiger partial charge < -0.3 is 5.73 Å². The molecule has 1 aromatic rings. The zero-order valence-corrected chi connectivity index (χ0v) is 10.4. The second-order valence-electron chi connectivity index (χ2n) is 4.01. The maximum absolute atomic E-state index is 11.9. The molecule has 0 unspecified atom stereocenters. The van der Waals surface area contributed by atoms with Crippen LogP contribution in [0.5, 0.6) is 0 Å². The number of nitrogens with one attached hydrogen (secondary N) is 1. The van der Waals surface area contributed by atoms with Crippen LogP contribution in [0.1, 0.15) is 18.4 Å². The van der Waals surface area contributed by atoms with E-state index in [1.807, 2.05) is 0 Å². The number of hydrogen-bond donors (Lipinski definition) is 2. The van der Waals surface area contributed by atoms with E-state index in [0.717, 1.165) is 12.8 Å². The minimum absolute atomic E-state index is 0.0753. The third-order valence-corrected chi connectivity index (χ3v) is 4.46. The molecule has 16 heavy (non-hydrogen) atoms. The summed E-state index contributed by atoms with van der Waals surface area (Å²) in [6.45, 7) is 1.75. The predicted molar refractivity (Wildman–Crippen MR) is 63.9 cm³/mol. The van der Waals surface area contributed by atoms with Gasteiger partial charge in [0.15, 0.2) is 0 Å². The van der Waals surface area contributed by atoms with Crippen molar-refractivity contribution in [2.45, 2.75) is 30.7 Å². The van der Waals surface area contributed by atoms with Gasteiger partial charge in [-0.3, -0.25) is 0 Å². The van der Waals surface area contributed by atoms with Crippen molar-refractivity contribution in [1.82, 2.24) is 4.72 Å². The van der Waals surface area contributed by atoms with Crippen molar-refractivity contribution in [3.8, 4) is 0 Å². The van der Waals surface area contributed by atoms with E-state index < -0.39 is 10.0 Å². The van der Waals surface area contributed by atoms with Crippen molar-refractivity contribution >= 4 is 27.3 Å². The number of nitrogen functional groups attached to an aromatic ring is 1. The van der Waals surface area contributed by atoms with Gasteiger partial charge in [-0.25, -0.2) is 13.1 Å². The number of nitrogens with two attached hydrogens (primary N) is 1. The van der Waals surface area contributed by atoms with Crippen molar-refractivity contribution in [3.05, 3.63) is 22.7 Å². The van der Waals surface area contributed by atoms with Crippen molar-refractivity contribution < 1.29 is 8.42 Å². The zero-order chi connectivity index (χ0) is 11.9. The van der Waals surface area contributed by atoms with Crippen molar-refractivity contribution in [3.63, 3.8) is 0 Å². The highest BCUT2D eigenvalue weighted by molar-refractivity contribution is 7.89. The Morgan fingerprint density at radius 1 is 1.44 bits per heavy atom. The molecule has 0 spiro atoms. The topological polar surface area (TPSA) is 72.2 Å². The molecular weight excluding hydrogens is 248 g/mol. The molecule has 3 N–H and O–H groups in total. The van der Waals surface area contributed by atoms with Crippen molar-refractivity contribution in [2.24, 2.45) is 0 Å². The van der Waals surface area contributed by atoms with Crippen LogP contribution in [0.25, 0.3) is 0 Å². The molecule has 1 fully saturated rings. The summed E-state index contributed by atoms with van der Waals surface area (Å²) in [5.41, 5.74) is 6.78. The van der Waals surface area contributed by atoms with Crippen LogP contribution in [0.4, 0.5) is 5.69 Å². The summed E-state index contributed by atoms with van der Waals surface area (Å²) in [5.74, 6) is 0. The highest BCUT2D eigenvalue weighted by atomic mass is 35.5. The molecule has 0 aliphatic heterocycles. The number of benzene rings is 1. The highest BCUT2D eigenvalue weighted by Gasteiger charge is 2.28. The molecule has 4 nitrogen and oxygen atoms in total. The molecule has 0 heterocycles. The Balaban J connectivity index is 2.39. The fraction of sp³-hybridized carbons (Fsp3) is 0.400. The monoisotopic (exact) mass is 260 g/mol. The van der Waals surface area contributed by atoms with E-state index in [0.29, 0.717) is 16.3 Å². The Morgan fingerprint density at radius 3 is 2.56 bits per heavy atom. The van der Waals surface area contributed by atoms with Crippen LogP contribution in [0, 0.1) is 6.92 Å². The van der Waals surface area contributed by atoms with Gasteiger partial charge in [0.05, 0.1) is 4.90 Å². The number of hydrogen-bond acceptors (Lipinski definition) is 3. The first-order valence-corrected chi connectivity index (χ1v) is 6.84. The molecule has 1 aliphatic carbocycles. The van der Waals surface area contributed by atoms with Crippen molar-refractivity contribution in [1.29, 1.82) is 0 Å². The van der Waals surface area contributed by atoms with Crippen LogP contribution in [-0.4, -0.2) is 14.5 Å². The van der Waals surface area contributed by atoms with Gasteiger partial charge in [-0.2, -0.15) is 0 Å². The Kier molecular flexibility index (Phi) is 2.86. The van der Waals surface area contributed by atoms with E-state index >= 15 is 0 Å². The summed E-state index contributed by atoms with van der Waals surface area (Å²) in [4.78, 5) is 0.132. The van der Waals surface area contributed by atoms with Gasteiger partial charge in [0.2, 0.25) is 10.0 Å². The smallest absolute Gasteiger partial charge is 0.240 e. The molecule has 0 amide bonds. The quantitative estimate of drug-likeness (QED) is 0.812. The third kappa shape index (κ3) is 2.31. The average Bonchev–Trinajstić information content (AvgIpc) is 2.96. The van der Waals surface area contributed by atoms with Gasteiger partial charge in [-0.1, -0.05) is 11.6 Å². The summed E-state index contributed by atoms with van der Waals surface area (Å²) >= 11 is 5.91. The molecule has 0 bridgehead atoms. The first-order valence-electron chi connectivity index (χ1n) is 4.98.